The van der Waals surface area contributed by atoms with Gasteiger partial charge in [0.25, 0.3) is 0 Å². The van der Waals surface area contributed by atoms with Crippen molar-refractivity contribution in [3.8, 4) is 0 Å². The van der Waals surface area contributed by atoms with Crippen LogP contribution in [0.1, 0.15) is 122 Å². The standard InChI is InChI=1S/C38H72O13/c1-2-3-4-5-6-7-8-9-10-11-12-13-14-18-37(41)50-34-32-48-30-28-46-26-24-44-22-20-43-21-23-45-25-27-47-29-31-49-33-35-51-38(42)19-16-15-17-36(39)40/h2-35H2,1H3,(H,39,40). The molecule has 13 heteroatoms. The molecule has 0 aromatic heterocycles. The van der Waals surface area contributed by atoms with Gasteiger partial charge in [-0.25, -0.2) is 0 Å². The molecule has 302 valence electrons. The molecule has 0 fully saturated rings. The monoisotopic (exact) mass is 736 g/mol. The first-order chi connectivity index (χ1) is 25.1. The second-order valence-corrected chi connectivity index (χ2v) is 12.3. The van der Waals surface area contributed by atoms with Crippen molar-refractivity contribution < 1.29 is 62.1 Å². The molecule has 0 amide bonds. The molecule has 51 heavy (non-hydrogen) atoms. The summed E-state index contributed by atoms with van der Waals surface area (Å²) in [5, 5.41) is 8.56. The third-order valence-electron chi connectivity index (χ3n) is 7.72. The van der Waals surface area contributed by atoms with E-state index in [2.05, 4.69) is 6.92 Å². The lowest BCUT2D eigenvalue weighted by Crippen LogP contribution is -2.15. The lowest BCUT2D eigenvalue weighted by Gasteiger charge is -2.09. The van der Waals surface area contributed by atoms with E-state index in [1.165, 1.54) is 70.6 Å². The summed E-state index contributed by atoms with van der Waals surface area (Å²) in [6.45, 7) is 8.75. The van der Waals surface area contributed by atoms with E-state index in [0.29, 0.717) is 105 Å². The maximum Gasteiger partial charge on any atom is 0.305 e. The Kier molecular flexibility index (Phi) is 41.0. The number of carbonyl (C=O) groups excluding carboxylic acids is 2. The van der Waals surface area contributed by atoms with Crippen molar-refractivity contribution in [1.82, 2.24) is 0 Å². The topological polar surface area (TPSA) is 155 Å². The average molecular weight is 737 g/mol. The van der Waals surface area contributed by atoms with Crippen LogP contribution < -0.4 is 0 Å². The minimum atomic E-state index is -0.863. The van der Waals surface area contributed by atoms with Gasteiger partial charge >= 0.3 is 17.9 Å². The number of aliphatic carboxylic acids is 1. The smallest absolute Gasteiger partial charge is 0.305 e. The molecule has 0 aliphatic heterocycles. The van der Waals surface area contributed by atoms with Crippen molar-refractivity contribution in [1.29, 1.82) is 0 Å². The molecule has 0 radical (unpaired) electrons. The van der Waals surface area contributed by atoms with Crippen LogP contribution in [0, 0.1) is 0 Å². The van der Waals surface area contributed by atoms with Crippen LogP contribution in [0.25, 0.3) is 0 Å². The Bertz CT molecular complexity index is 753. The molecule has 0 aromatic rings. The Hall–Kier alpha value is -1.87. The van der Waals surface area contributed by atoms with Gasteiger partial charge in [0.05, 0.1) is 92.5 Å². The maximum absolute atomic E-state index is 11.9. The molecular weight excluding hydrogens is 664 g/mol. The van der Waals surface area contributed by atoms with E-state index in [1.54, 1.807) is 0 Å². The van der Waals surface area contributed by atoms with Gasteiger partial charge in [0.2, 0.25) is 0 Å². The highest BCUT2D eigenvalue weighted by Crippen LogP contribution is 2.13. The van der Waals surface area contributed by atoms with Crippen molar-refractivity contribution >= 4 is 17.9 Å². The molecule has 0 atom stereocenters. The van der Waals surface area contributed by atoms with Gasteiger partial charge in [-0.3, -0.25) is 14.4 Å². The van der Waals surface area contributed by atoms with Gasteiger partial charge < -0.3 is 47.7 Å². The van der Waals surface area contributed by atoms with Gasteiger partial charge in [0.15, 0.2) is 0 Å². The highest BCUT2D eigenvalue weighted by Gasteiger charge is 2.05. The van der Waals surface area contributed by atoms with Gasteiger partial charge in [-0.05, 0) is 19.3 Å². The highest BCUT2D eigenvalue weighted by molar-refractivity contribution is 5.70. The summed E-state index contributed by atoms with van der Waals surface area (Å²) in [5.41, 5.74) is 0. The van der Waals surface area contributed by atoms with Crippen LogP contribution in [-0.4, -0.2) is 129 Å². The second-order valence-electron chi connectivity index (χ2n) is 12.3. The number of carboxylic acid groups (broad SMARTS) is 1. The zero-order chi connectivity index (χ0) is 37.1. The van der Waals surface area contributed by atoms with E-state index in [9.17, 15) is 14.4 Å². The number of unbranched alkanes of at least 4 members (excludes halogenated alkanes) is 13. The first-order valence-corrected chi connectivity index (χ1v) is 19.6. The van der Waals surface area contributed by atoms with Crippen LogP contribution in [0.2, 0.25) is 0 Å². The Balaban J connectivity index is 3.17. The molecule has 0 bridgehead atoms. The number of rotatable bonds is 43. The van der Waals surface area contributed by atoms with E-state index in [4.69, 9.17) is 47.7 Å². The van der Waals surface area contributed by atoms with E-state index >= 15 is 0 Å². The predicted octanol–water partition coefficient (Wildman–Crippen LogP) is 6.32. The maximum atomic E-state index is 11.9. The second kappa shape index (κ2) is 42.5. The number of hydrogen-bond donors (Lipinski definition) is 1. The largest absolute Gasteiger partial charge is 0.481 e. The number of carbonyl (C=O) groups is 3. The minimum absolute atomic E-state index is 0.0598. The number of ether oxygens (including phenoxy) is 9. The van der Waals surface area contributed by atoms with Gasteiger partial charge in [-0.2, -0.15) is 0 Å². The zero-order valence-corrected chi connectivity index (χ0v) is 31.9. The summed E-state index contributed by atoms with van der Waals surface area (Å²) < 4.78 is 48.3. The molecule has 0 saturated carbocycles. The minimum Gasteiger partial charge on any atom is -0.481 e. The number of carboxylic acids is 1. The van der Waals surface area contributed by atoms with Gasteiger partial charge in [-0.1, -0.05) is 84.0 Å². The van der Waals surface area contributed by atoms with E-state index in [-0.39, 0.29) is 44.6 Å². The number of hydrogen-bond acceptors (Lipinski definition) is 12. The van der Waals surface area contributed by atoms with E-state index in [0.717, 1.165) is 12.8 Å². The fourth-order valence-corrected chi connectivity index (χ4v) is 4.83. The molecule has 0 unspecified atom stereocenters. The molecule has 1 N–H and O–H groups in total. The van der Waals surface area contributed by atoms with Crippen molar-refractivity contribution in [2.24, 2.45) is 0 Å². The summed E-state index contributed by atoms with van der Waals surface area (Å²) in [6, 6.07) is 0. The molecule has 0 aromatic carbocycles. The first kappa shape index (κ1) is 49.1. The van der Waals surface area contributed by atoms with Crippen LogP contribution in [0.4, 0.5) is 0 Å². The molecule has 0 aliphatic carbocycles. The van der Waals surface area contributed by atoms with Crippen LogP contribution in [-0.2, 0) is 57.0 Å². The van der Waals surface area contributed by atoms with Gasteiger partial charge in [0, 0.05) is 19.3 Å². The summed E-state index contributed by atoms with van der Waals surface area (Å²) in [4.78, 5) is 33.8. The van der Waals surface area contributed by atoms with Gasteiger partial charge in [-0.15, -0.1) is 0 Å². The molecule has 0 aliphatic rings. The van der Waals surface area contributed by atoms with Crippen LogP contribution in [0.15, 0.2) is 0 Å². The van der Waals surface area contributed by atoms with Crippen molar-refractivity contribution in [2.75, 3.05) is 106 Å². The molecular formula is C38H72O13. The van der Waals surface area contributed by atoms with Crippen LogP contribution in [0.3, 0.4) is 0 Å². The normalized spacial score (nSPS) is 11.2. The Morgan fingerprint density at radius 3 is 0.863 bits per heavy atom. The lowest BCUT2D eigenvalue weighted by molar-refractivity contribution is -0.146. The summed E-state index contributed by atoms with van der Waals surface area (Å²) >= 11 is 0. The zero-order valence-electron chi connectivity index (χ0n) is 31.9. The average Bonchev–Trinajstić information content (AvgIpc) is 3.12. The SMILES string of the molecule is CCCCCCCCCCCCCCCC(=O)OCCOCCOCCOCCOCCOCCOCCOCCOC(=O)CCCCC(=O)O. The Morgan fingerprint density at radius 1 is 0.333 bits per heavy atom. The van der Waals surface area contributed by atoms with Gasteiger partial charge in [0.1, 0.15) is 13.2 Å². The third kappa shape index (κ3) is 44.2. The lowest BCUT2D eigenvalue weighted by atomic mass is 10.0. The Morgan fingerprint density at radius 2 is 0.569 bits per heavy atom. The third-order valence-corrected chi connectivity index (χ3v) is 7.72. The van der Waals surface area contributed by atoms with Crippen molar-refractivity contribution in [3.05, 3.63) is 0 Å². The van der Waals surface area contributed by atoms with Crippen LogP contribution in [0.5, 0.6) is 0 Å². The fourth-order valence-electron chi connectivity index (χ4n) is 4.83. The summed E-state index contributed by atoms with van der Waals surface area (Å²) in [7, 11) is 0. The number of esters is 2. The Labute approximate surface area is 308 Å². The quantitative estimate of drug-likeness (QED) is 0.0549. The van der Waals surface area contributed by atoms with Crippen LogP contribution >= 0.6 is 0 Å². The van der Waals surface area contributed by atoms with Crippen molar-refractivity contribution in [2.45, 2.75) is 122 Å². The molecule has 13 nitrogen and oxygen atoms in total. The van der Waals surface area contributed by atoms with E-state index < -0.39 is 5.97 Å². The summed E-state index contributed by atoms with van der Waals surface area (Å²) in [5.74, 6) is -1.35. The fraction of sp³-hybridized carbons (Fsp3) is 0.921. The molecule has 0 heterocycles. The summed E-state index contributed by atoms with van der Waals surface area (Å²) in [6.07, 6.45) is 18.5. The van der Waals surface area contributed by atoms with Crippen molar-refractivity contribution in [3.63, 3.8) is 0 Å². The molecule has 0 rings (SSSR count). The predicted molar refractivity (Wildman–Crippen MR) is 194 cm³/mol. The first-order valence-electron chi connectivity index (χ1n) is 19.6. The highest BCUT2D eigenvalue weighted by atomic mass is 16.6. The molecule has 0 saturated heterocycles. The molecule has 0 spiro atoms. The van der Waals surface area contributed by atoms with E-state index in [1.807, 2.05) is 0 Å².